The number of rotatable bonds is 2. The molecule has 0 bridgehead atoms. The van der Waals surface area contributed by atoms with Crippen molar-refractivity contribution in [1.29, 1.82) is 0 Å². The van der Waals surface area contributed by atoms with Gasteiger partial charge in [0, 0.05) is 46.2 Å². The predicted octanol–water partition coefficient (Wildman–Crippen LogP) is -0.212. The third-order valence-electron chi connectivity index (χ3n) is 3.94. The Morgan fingerprint density at radius 2 is 1.65 bits per heavy atom. The van der Waals surface area contributed by atoms with Crippen molar-refractivity contribution in [3.05, 3.63) is 0 Å². The van der Waals surface area contributed by atoms with Crippen LogP contribution in [0, 0.1) is 0 Å². The van der Waals surface area contributed by atoms with E-state index in [9.17, 15) is 9.59 Å². The molecule has 114 valence electrons. The van der Waals surface area contributed by atoms with Crippen LogP contribution in [0.25, 0.3) is 0 Å². The van der Waals surface area contributed by atoms with Crippen LogP contribution >= 0.6 is 0 Å². The quantitative estimate of drug-likeness (QED) is 0.703. The Kier molecular flexibility index (Phi) is 4.65. The van der Waals surface area contributed by atoms with Crippen LogP contribution in [0.2, 0.25) is 0 Å². The van der Waals surface area contributed by atoms with Crippen molar-refractivity contribution in [2.75, 3.05) is 52.4 Å². The molecule has 0 radical (unpaired) electrons. The molecule has 2 heterocycles. The number of hydrogen-bond acceptors (Lipinski definition) is 4. The zero-order chi connectivity index (χ0) is 14.8. The molecule has 2 rings (SSSR count). The number of hydrogen-bond donors (Lipinski definition) is 0. The van der Waals surface area contributed by atoms with Gasteiger partial charge in [0.25, 0.3) is 0 Å². The largest absolute Gasteiger partial charge is 0.373 e. The standard InChI is InChI=1S/C14H25N3O3/c1-12(18)16-4-6-17(7-5-16)13(19)10-15-8-9-20-14(2,3)11-15/h4-11H2,1-3H3. The van der Waals surface area contributed by atoms with Crippen LogP contribution < -0.4 is 0 Å². The van der Waals surface area contributed by atoms with E-state index in [1.54, 1.807) is 11.8 Å². The summed E-state index contributed by atoms with van der Waals surface area (Å²) in [4.78, 5) is 29.4. The summed E-state index contributed by atoms with van der Waals surface area (Å²) in [5.74, 6) is 0.248. The van der Waals surface area contributed by atoms with Crippen LogP contribution in [0.1, 0.15) is 20.8 Å². The summed E-state index contributed by atoms with van der Waals surface area (Å²) >= 11 is 0. The highest BCUT2D eigenvalue weighted by molar-refractivity contribution is 5.79. The molecule has 0 aromatic heterocycles. The molecule has 2 fully saturated rings. The van der Waals surface area contributed by atoms with Crippen molar-refractivity contribution in [3.8, 4) is 0 Å². The summed E-state index contributed by atoms with van der Waals surface area (Å²) in [6.45, 7) is 11.0. The summed E-state index contributed by atoms with van der Waals surface area (Å²) in [5, 5.41) is 0. The van der Waals surface area contributed by atoms with Crippen LogP contribution in [-0.4, -0.2) is 84.5 Å². The van der Waals surface area contributed by atoms with Gasteiger partial charge in [-0.05, 0) is 13.8 Å². The minimum Gasteiger partial charge on any atom is -0.373 e. The van der Waals surface area contributed by atoms with E-state index >= 15 is 0 Å². The zero-order valence-electron chi connectivity index (χ0n) is 12.7. The normalized spacial score (nSPS) is 23.8. The summed E-state index contributed by atoms with van der Waals surface area (Å²) in [5.41, 5.74) is -0.175. The van der Waals surface area contributed by atoms with E-state index in [2.05, 4.69) is 18.7 Å². The first-order valence-corrected chi connectivity index (χ1v) is 7.27. The molecule has 0 aromatic rings. The molecule has 0 aromatic carbocycles. The molecule has 0 spiro atoms. The lowest BCUT2D eigenvalue weighted by Crippen LogP contribution is -2.55. The Bertz CT molecular complexity index is 376. The number of amides is 2. The Hall–Kier alpha value is -1.14. The fourth-order valence-corrected chi connectivity index (χ4v) is 2.81. The summed E-state index contributed by atoms with van der Waals surface area (Å²) in [7, 11) is 0. The van der Waals surface area contributed by atoms with Gasteiger partial charge in [-0.2, -0.15) is 0 Å². The van der Waals surface area contributed by atoms with Crippen LogP contribution in [0.3, 0.4) is 0 Å². The second kappa shape index (κ2) is 6.10. The van der Waals surface area contributed by atoms with E-state index in [1.807, 2.05) is 4.90 Å². The Balaban J connectivity index is 1.79. The molecule has 6 nitrogen and oxygen atoms in total. The molecule has 0 aliphatic carbocycles. The van der Waals surface area contributed by atoms with Gasteiger partial charge in [-0.1, -0.05) is 0 Å². The molecule has 2 aliphatic rings. The summed E-state index contributed by atoms with van der Waals surface area (Å²) in [6.07, 6.45) is 0. The summed E-state index contributed by atoms with van der Waals surface area (Å²) < 4.78 is 5.65. The Labute approximate surface area is 120 Å². The molecular weight excluding hydrogens is 258 g/mol. The topological polar surface area (TPSA) is 53.1 Å². The second-order valence-corrected chi connectivity index (χ2v) is 6.21. The number of carbonyl (C=O) groups is 2. The fraction of sp³-hybridized carbons (Fsp3) is 0.857. The molecule has 6 heteroatoms. The van der Waals surface area contributed by atoms with Gasteiger partial charge in [-0.25, -0.2) is 0 Å². The monoisotopic (exact) mass is 283 g/mol. The third kappa shape index (κ3) is 3.93. The number of morpholine rings is 1. The molecule has 0 N–H and O–H groups in total. The maximum absolute atomic E-state index is 12.3. The zero-order valence-corrected chi connectivity index (χ0v) is 12.7. The highest BCUT2D eigenvalue weighted by atomic mass is 16.5. The van der Waals surface area contributed by atoms with E-state index in [0.717, 1.165) is 13.1 Å². The molecule has 0 saturated carbocycles. The summed E-state index contributed by atoms with van der Waals surface area (Å²) in [6, 6.07) is 0. The molecule has 0 unspecified atom stereocenters. The van der Waals surface area contributed by atoms with Crippen molar-refractivity contribution >= 4 is 11.8 Å². The maximum atomic E-state index is 12.3. The Morgan fingerprint density at radius 1 is 1.05 bits per heavy atom. The van der Waals surface area contributed by atoms with Crippen LogP contribution in [0.15, 0.2) is 0 Å². The first-order valence-electron chi connectivity index (χ1n) is 7.27. The van der Waals surface area contributed by atoms with Crippen molar-refractivity contribution in [2.45, 2.75) is 26.4 Å². The van der Waals surface area contributed by atoms with E-state index in [0.29, 0.717) is 39.3 Å². The highest BCUT2D eigenvalue weighted by Gasteiger charge is 2.30. The molecule has 2 amide bonds. The Morgan fingerprint density at radius 3 is 2.20 bits per heavy atom. The molecular formula is C14H25N3O3. The van der Waals surface area contributed by atoms with Gasteiger partial charge in [0.15, 0.2) is 0 Å². The highest BCUT2D eigenvalue weighted by Crippen LogP contribution is 2.16. The predicted molar refractivity (Wildman–Crippen MR) is 75.3 cm³/mol. The van der Waals surface area contributed by atoms with E-state index in [4.69, 9.17) is 4.74 Å². The van der Waals surface area contributed by atoms with Crippen LogP contribution in [0.4, 0.5) is 0 Å². The second-order valence-electron chi connectivity index (χ2n) is 6.21. The first-order chi connectivity index (χ1) is 9.37. The lowest BCUT2D eigenvalue weighted by Gasteiger charge is -2.39. The lowest BCUT2D eigenvalue weighted by molar-refractivity contribution is -0.142. The number of nitrogens with zero attached hydrogens (tertiary/aromatic N) is 3. The van der Waals surface area contributed by atoms with Crippen molar-refractivity contribution in [2.24, 2.45) is 0 Å². The lowest BCUT2D eigenvalue weighted by atomic mass is 10.1. The molecule has 20 heavy (non-hydrogen) atoms. The van der Waals surface area contributed by atoms with E-state index < -0.39 is 0 Å². The molecule has 2 aliphatic heterocycles. The maximum Gasteiger partial charge on any atom is 0.236 e. The number of ether oxygens (including phenoxy) is 1. The van der Waals surface area contributed by atoms with E-state index in [-0.39, 0.29) is 17.4 Å². The van der Waals surface area contributed by atoms with Crippen molar-refractivity contribution in [1.82, 2.24) is 14.7 Å². The first kappa shape index (κ1) is 15.3. The van der Waals surface area contributed by atoms with Gasteiger partial charge in [0.2, 0.25) is 11.8 Å². The smallest absolute Gasteiger partial charge is 0.236 e. The van der Waals surface area contributed by atoms with Gasteiger partial charge in [0.05, 0.1) is 18.8 Å². The SMILES string of the molecule is CC(=O)N1CCN(C(=O)CN2CCOC(C)(C)C2)CC1. The molecule has 2 saturated heterocycles. The van der Waals surface area contributed by atoms with Gasteiger partial charge in [-0.15, -0.1) is 0 Å². The van der Waals surface area contributed by atoms with Gasteiger partial charge in [0.1, 0.15) is 0 Å². The fourth-order valence-electron chi connectivity index (χ4n) is 2.81. The van der Waals surface area contributed by atoms with Crippen molar-refractivity contribution < 1.29 is 14.3 Å². The minimum absolute atomic E-state index is 0.0898. The van der Waals surface area contributed by atoms with Gasteiger partial charge >= 0.3 is 0 Å². The van der Waals surface area contributed by atoms with Gasteiger partial charge in [-0.3, -0.25) is 14.5 Å². The third-order valence-corrected chi connectivity index (χ3v) is 3.94. The van der Waals surface area contributed by atoms with Gasteiger partial charge < -0.3 is 14.5 Å². The number of piperazine rings is 1. The van der Waals surface area contributed by atoms with E-state index in [1.165, 1.54) is 0 Å². The van der Waals surface area contributed by atoms with Crippen LogP contribution in [0.5, 0.6) is 0 Å². The number of carbonyl (C=O) groups excluding carboxylic acids is 2. The average molecular weight is 283 g/mol. The van der Waals surface area contributed by atoms with Crippen LogP contribution in [-0.2, 0) is 14.3 Å². The average Bonchev–Trinajstić information content (AvgIpc) is 2.37. The van der Waals surface area contributed by atoms with Crippen molar-refractivity contribution in [3.63, 3.8) is 0 Å². The minimum atomic E-state index is -0.175. The molecule has 0 atom stereocenters.